The smallest absolute Gasteiger partial charge is 0.0923 e. The van der Waals surface area contributed by atoms with Gasteiger partial charge in [-0.3, -0.25) is 0 Å². The second kappa shape index (κ2) is 4.77. The third-order valence-electron chi connectivity index (χ3n) is 5.67. The van der Waals surface area contributed by atoms with Crippen LogP contribution in [0.4, 0.5) is 0 Å². The molecule has 104 valence electrons. The van der Waals surface area contributed by atoms with E-state index in [2.05, 4.69) is 11.9 Å². The predicted molar refractivity (Wildman–Crippen MR) is 73.2 cm³/mol. The van der Waals surface area contributed by atoms with E-state index in [1.807, 2.05) is 0 Å². The van der Waals surface area contributed by atoms with Gasteiger partial charge in [0.05, 0.1) is 5.60 Å². The lowest BCUT2D eigenvalue weighted by molar-refractivity contribution is -0.00678. The van der Waals surface area contributed by atoms with Crippen LogP contribution >= 0.6 is 0 Å². The van der Waals surface area contributed by atoms with Gasteiger partial charge in [0.1, 0.15) is 0 Å². The second-order valence-electron chi connectivity index (χ2n) is 7.21. The number of aliphatic hydroxyl groups is 1. The highest BCUT2D eigenvalue weighted by atomic mass is 16.3. The number of hydrogen-bond donors (Lipinski definition) is 2. The molecule has 0 aromatic rings. The number of hydrogen-bond acceptors (Lipinski definition) is 3. The van der Waals surface area contributed by atoms with E-state index in [1.165, 1.54) is 25.7 Å². The van der Waals surface area contributed by atoms with E-state index in [0.717, 1.165) is 43.7 Å². The van der Waals surface area contributed by atoms with E-state index < -0.39 is 5.60 Å². The third kappa shape index (κ3) is 2.45. The Bertz CT molecular complexity index is 305. The Hall–Kier alpha value is -0.120. The number of nitrogens with zero attached hydrogens (tertiary/aromatic N) is 1. The van der Waals surface area contributed by atoms with E-state index in [4.69, 9.17) is 5.73 Å². The Morgan fingerprint density at radius 2 is 2.00 bits per heavy atom. The zero-order valence-corrected chi connectivity index (χ0v) is 11.6. The lowest BCUT2D eigenvalue weighted by Gasteiger charge is -2.34. The van der Waals surface area contributed by atoms with Crippen molar-refractivity contribution in [2.75, 3.05) is 26.7 Å². The Morgan fingerprint density at radius 3 is 2.50 bits per heavy atom. The molecular formula is C15H28N2O. The molecule has 0 saturated heterocycles. The molecule has 3 fully saturated rings. The van der Waals surface area contributed by atoms with Crippen LogP contribution in [0.5, 0.6) is 0 Å². The topological polar surface area (TPSA) is 49.5 Å². The fraction of sp³-hybridized carbons (Fsp3) is 1.00. The maximum Gasteiger partial charge on any atom is 0.0923 e. The molecule has 4 unspecified atom stereocenters. The van der Waals surface area contributed by atoms with Crippen LogP contribution in [0.15, 0.2) is 0 Å². The van der Waals surface area contributed by atoms with E-state index in [-0.39, 0.29) is 0 Å². The van der Waals surface area contributed by atoms with Crippen molar-refractivity contribution < 1.29 is 5.11 Å². The molecule has 3 nitrogen and oxygen atoms in total. The monoisotopic (exact) mass is 252 g/mol. The summed E-state index contributed by atoms with van der Waals surface area (Å²) in [6, 6.07) is 0. The quantitative estimate of drug-likeness (QED) is 0.752. The van der Waals surface area contributed by atoms with Crippen molar-refractivity contribution in [3.63, 3.8) is 0 Å². The fourth-order valence-electron chi connectivity index (χ4n) is 4.51. The van der Waals surface area contributed by atoms with E-state index >= 15 is 0 Å². The summed E-state index contributed by atoms with van der Waals surface area (Å²) in [7, 11) is 2.16. The van der Waals surface area contributed by atoms with Gasteiger partial charge in [-0.05, 0) is 62.8 Å². The lowest BCUT2D eigenvalue weighted by Crippen LogP contribution is -2.50. The van der Waals surface area contributed by atoms with Crippen molar-refractivity contribution in [2.45, 2.75) is 44.1 Å². The Balaban J connectivity index is 1.50. The molecule has 3 N–H and O–H groups in total. The molecule has 3 rings (SSSR count). The summed E-state index contributed by atoms with van der Waals surface area (Å²) >= 11 is 0. The van der Waals surface area contributed by atoms with Crippen LogP contribution in [0.25, 0.3) is 0 Å². The normalized spacial score (nSPS) is 38.3. The minimum Gasteiger partial charge on any atom is -0.387 e. The largest absolute Gasteiger partial charge is 0.387 e. The van der Waals surface area contributed by atoms with Gasteiger partial charge in [0.15, 0.2) is 0 Å². The summed E-state index contributed by atoms with van der Waals surface area (Å²) in [5.74, 6) is 3.34. The number of fused-ring (bicyclic) bond motifs is 2. The molecule has 3 aliphatic carbocycles. The molecule has 3 saturated carbocycles. The number of rotatable bonds is 6. The standard InChI is InChI=1S/C15H28N2O/c1-17(10-15(18,9-16)14-4-5-14)8-13-7-11-2-3-12(13)6-11/h11-14,18H,2-10,16H2,1H3. The lowest BCUT2D eigenvalue weighted by atomic mass is 9.88. The average Bonchev–Trinajstić information content (AvgIpc) is 3.02. The van der Waals surface area contributed by atoms with E-state index in [0.29, 0.717) is 12.5 Å². The van der Waals surface area contributed by atoms with Crippen LogP contribution in [0.1, 0.15) is 38.5 Å². The zero-order chi connectivity index (χ0) is 12.8. The molecule has 0 amide bonds. The van der Waals surface area contributed by atoms with Gasteiger partial charge in [-0.1, -0.05) is 6.42 Å². The maximum atomic E-state index is 10.6. The summed E-state index contributed by atoms with van der Waals surface area (Å²) in [4.78, 5) is 2.34. The molecule has 0 radical (unpaired) electrons. The van der Waals surface area contributed by atoms with Gasteiger partial charge in [0, 0.05) is 19.6 Å². The summed E-state index contributed by atoms with van der Waals surface area (Å²) in [6.07, 6.45) is 8.15. The van der Waals surface area contributed by atoms with E-state index in [1.54, 1.807) is 0 Å². The summed E-state index contributed by atoms with van der Waals surface area (Å²) in [5.41, 5.74) is 5.17. The molecule has 0 aromatic heterocycles. The Morgan fingerprint density at radius 1 is 1.22 bits per heavy atom. The van der Waals surface area contributed by atoms with Crippen molar-refractivity contribution >= 4 is 0 Å². The van der Waals surface area contributed by atoms with Crippen molar-refractivity contribution in [1.82, 2.24) is 4.90 Å². The first kappa shape index (κ1) is 12.9. The van der Waals surface area contributed by atoms with Crippen LogP contribution in [0.3, 0.4) is 0 Å². The van der Waals surface area contributed by atoms with Gasteiger partial charge in [-0.15, -0.1) is 0 Å². The first-order valence-electron chi connectivity index (χ1n) is 7.71. The van der Waals surface area contributed by atoms with Crippen LogP contribution in [-0.4, -0.2) is 42.3 Å². The van der Waals surface area contributed by atoms with Crippen LogP contribution in [0, 0.1) is 23.7 Å². The van der Waals surface area contributed by atoms with Gasteiger partial charge in [0.25, 0.3) is 0 Å². The first-order chi connectivity index (χ1) is 8.60. The first-order valence-corrected chi connectivity index (χ1v) is 7.71. The molecular weight excluding hydrogens is 224 g/mol. The van der Waals surface area contributed by atoms with Crippen molar-refractivity contribution in [1.29, 1.82) is 0 Å². The summed E-state index contributed by atoms with van der Waals surface area (Å²) < 4.78 is 0. The predicted octanol–water partition coefficient (Wildman–Crippen LogP) is 1.45. The fourth-order valence-corrected chi connectivity index (χ4v) is 4.51. The van der Waals surface area contributed by atoms with Gasteiger partial charge in [0.2, 0.25) is 0 Å². The zero-order valence-electron chi connectivity index (χ0n) is 11.6. The van der Waals surface area contributed by atoms with Crippen LogP contribution in [-0.2, 0) is 0 Å². The third-order valence-corrected chi connectivity index (χ3v) is 5.67. The summed E-state index contributed by atoms with van der Waals surface area (Å²) in [6.45, 7) is 2.34. The van der Waals surface area contributed by atoms with Crippen molar-refractivity contribution in [3.05, 3.63) is 0 Å². The number of nitrogens with two attached hydrogens (primary N) is 1. The highest BCUT2D eigenvalue weighted by molar-refractivity contribution is 4.98. The summed E-state index contributed by atoms with van der Waals surface area (Å²) in [5, 5.41) is 10.6. The Labute approximate surface area is 111 Å². The van der Waals surface area contributed by atoms with Crippen molar-refractivity contribution in [2.24, 2.45) is 29.4 Å². The molecule has 0 spiro atoms. The molecule has 0 aromatic carbocycles. The van der Waals surface area contributed by atoms with Crippen molar-refractivity contribution in [3.8, 4) is 0 Å². The average molecular weight is 252 g/mol. The van der Waals surface area contributed by atoms with E-state index in [9.17, 15) is 5.11 Å². The highest BCUT2D eigenvalue weighted by Gasteiger charge is 2.44. The van der Waals surface area contributed by atoms with Gasteiger partial charge < -0.3 is 15.7 Å². The minimum atomic E-state index is -0.619. The molecule has 0 aliphatic heterocycles. The van der Waals surface area contributed by atoms with Crippen LogP contribution < -0.4 is 5.73 Å². The van der Waals surface area contributed by atoms with Gasteiger partial charge in [-0.25, -0.2) is 0 Å². The molecule has 3 aliphatic rings. The SMILES string of the molecule is CN(CC1CC2CCC1C2)CC(O)(CN)C1CC1. The molecule has 4 atom stereocenters. The molecule has 2 bridgehead atoms. The van der Waals surface area contributed by atoms with Crippen LogP contribution in [0.2, 0.25) is 0 Å². The highest BCUT2D eigenvalue weighted by Crippen LogP contribution is 2.48. The molecule has 18 heavy (non-hydrogen) atoms. The molecule has 0 heterocycles. The van der Waals surface area contributed by atoms with Gasteiger partial charge in [-0.2, -0.15) is 0 Å². The maximum absolute atomic E-state index is 10.6. The minimum absolute atomic E-state index is 0.415. The number of likely N-dealkylation sites (N-methyl/N-ethyl adjacent to an activating group) is 1. The Kier molecular flexibility index (Phi) is 3.41. The van der Waals surface area contributed by atoms with Gasteiger partial charge >= 0.3 is 0 Å². The second-order valence-corrected chi connectivity index (χ2v) is 7.21. The molecule has 3 heteroatoms.